The molecule has 1 aromatic heterocycles. The first-order valence-electron chi connectivity index (χ1n) is 8.57. The highest BCUT2D eigenvalue weighted by atomic mass is 19.1. The first kappa shape index (κ1) is 16.8. The predicted molar refractivity (Wildman–Crippen MR) is 94.7 cm³/mol. The number of carboxylic acid groups (broad SMARTS) is 1. The molecule has 3 atom stereocenters. The summed E-state index contributed by atoms with van der Waals surface area (Å²) in [5.74, 6) is -1.44. The van der Waals surface area contributed by atoms with Crippen molar-refractivity contribution in [3.63, 3.8) is 0 Å². The molecule has 1 saturated heterocycles. The minimum atomic E-state index is -1.33. The van der Waals surface area contributed by atoms with Crippen LogP contribution in [-0.2, 0) is 0 Å². The Labute approximate surface area is 148 Å². The van der Waals surface area contributed by atoms with Crippen LogP contribution in [0.15, 0.2) is 17.1 Å². The number of carbonyl (C=O) groups is 1. The van der Waals surface area contributed by atoms with E-state index in [2.05, 4.69) is 0 Å². The zero-order chi connectivity index (χ0) is 18.7. The molecule has 0 bridgehead atoms. The average Bonchev–Trinajstić information content (AvgIpc) is 2.90. The second kappa shape index (κ2) is 5.70. The molecule has 3 heterocycles. The second-order valence-electron chi connectivity index (χ2n) is 7.22. The summed E-state index contributed by atoms with van der Waals surface area (Å²) in [5, 5.41) is 9.33. The SMILES string of the molecule is C[C@@H]1CN(c2c(F)cc3c(=O)c(C(=O)O)cn4c3c2OC[C@@H]4C)C[C@@H]1N. The Morgan fingerprint density at radius 2 is 2.12 bits per heavy atom. The second-order valence-corrected chi connectivity index (χ2v) is 7.22. The fraction of sp³-hybridized carbons (Fsp3) is 0.444. The van der Waals surface area contributed by atoms with Gasteiger partial charge in [-0.2, -0.15) is 0 Å². The van der Waals surface area contributed by atoms with Crippen LogP contribution in [0.5, 0.6) is 5.75 Å². The summed E-state index contributed by atoms with van der Waals surface area (Å²) in [6, 6.07) is 0.869. The average molecular weight is 361 g/mol. The van der Waals surface area contributed by atoms with Crippen LogP contribution in [0, 0.1) is 11.7 Å². The van der Waals surface area contributed by atoms with Crippen LogP contribution in [-0.4, -0.2) is 41.4 Å². The molecule has 7 nitrogen and oxygen atoms in total. The highest BCUT2D eigenvalue weighted by Gasteiger charge is 2.34. The maximum atomic E-state index is 15.0. The lowest BCUT2D eigenvalue weighted by Gasteiger charge is -2.31. The molecule has 0 aliphatic carbocycles. The van der Waals surface area contributed by atoms with Gasteiger partial charge in [-0.15, -0.1) is 0 Å². The number of pyridine rings is 1. The smallest absolute Gasteiger partial charge is 0.341 e. The molecular weight excluding hydrogens is 341 g/mol. The summed E-state index contributed by atoms with van der Waals surface area (Å²) < 4.78 is 22.5. The Hall–Kier alpha value is -2.61. The minimum absolute atomic E-state index is 0.0178. The minimum Gasteiger partial charge on any atom is -0.487 e. The Morgan fingerprint density at radius 1 is 1.38 bits per heavy atom. The number of aromatic nitrogens is 1. The quantitative estimate of drug-likeness (QED) is 0.843. The first-order chi connectivity index (χ1) is 12.3. The van der Waals surface area contributed by atoms with E-state index in [1.54, 1.807) is 4.57 Å². The van der Waals surface area contributed by atoms with Gasteiger partial charge in [-0.3, -0.25) is 4.79 Å². The number of benzene rings is 1. The van der Waals surface area contributed by atoms with Gasteiger partial charge in [0.1, 0.15) is 17.9 Å². The van der Waals surface area contributed by atoms with Gasteiger partial charge in [0.2, 0.25) is 5.43 Å². The number of nitrogens with two attached hydrogens (primary N) is 1. The number of carboxylic acids is 1. The number of halogens is 1. The Balaban J connectivity index is 2.04. The summed E-state index contributed by atoms with van der Waals surface area (Å²) in [4.78, 5) is 25.8. The van der Waals surface area contributed by atoms with Crippen LogP contribution in [0.2, 0.25) is 0 Å². The number of nitrogens with zero attached hydrogens (tertiary/aromatic N) is 2. The van der Waals surface area contributed by atoms with Gasteiger partial charge in [0.25, 0.3) is 0 Å². The molecule has 3 N–H and O–H groups in total. The zero-order valence-corrected chi connectivity index (χ0v) is 14.5. The van der Waals surface area contributed by atoms with Gasteiger partial charge in [0.15, 0.2) is 11.6 Å². The highest BCUT2D eigenvalue weighted by molar-refractivity contribution is 5.97. The van der Waals surface area contributed by atoms with Crippen LogP contribution in [0.1, 0.15) is 30.2 Å². The van der Waals surface area contributed by atoms with Crippen molar-refractivity contribution >= 4 is 22.6 Å². The van der Waals surface area contributed by atoms with Crippen molar-refractivity contribution in [2.24, 2.45) is 11.7 Å². The van der Waals surface area contributed by atoms with E-state index in [0.29, 0.717) is 24.3 Å². The lowest BCUT2D eigenvalue weighted by atomic mass is 10.1. The van der Waals surface area contributed by atoms with E-state index >= 15 is 0 Å². The monoisotopic (exact) mass is 361 g/mol. The summed E-state index contributed by atoms with van der Waals surface area (Å²) in [5.41, 5.74) is 5.72. The molecule has 138 valence electrons. The van der Waals surface area contributed by atoms with Gasteiger partial charge < -0.3 is 25.0 Å². The summed E-state index contributed by atoms with van der Waals surface area (Å²) in [7, 11) is 0. The molecule has 0 saturated carbocycles. The van der Waals surface area contributed by atoms with Crippen LogP contribution >= 0.6 is 0 Å². The van der Waals surface area contributed by atoms with Crippen molar-refractivity contribution in [3.05, 3.63) is 33.9 Å². The van der Waals surface area contributed by atoms with E-state index in [1.165, 1.54) is 6.20 Å². The van der Waals surface area contributed by atoms with Crippen LogP contribution in [0.4, 0.5) is 10.1 Å². The summed E-state index contributed by atoms with van der Waals surface area (Å²) in [6.07, 6.45) is 1.32. The molecule has 2 aromatic rings. The van der Waals surface area contributed by atoms with Gasteiger partial charge in [-0.1, -0.05) is 6.92 Å². The van der Waals surface area contributed by atoms with Crippen molar-refractivity contribution in [1.82, 2.24) is 4.57 Å². The zero-order valence-electron chi connectivity index (χ0n) is 14.5. The van der Waals surface area contributed by atoms with Gasteiger partial charge in [0, 0.05) is 25.3 Å². The van der Waals surface area contributed by atoms with E-state index < -0.39 is 17.2 Å². The number of hydrogen-bond donors (Lipinski definition) is 2. The van der Waals surface area contributed by atoms with Gasteiger partial charge in [0.05, 0.1) is 16.9 Å². The lowest BCUT2D eigenvalue weighted by molar-refractivity contribution is 0.0694. The van der Waals surface area contributed by atoms with Crippen molar-refractivity contribution in [1.29, 1.82) is 0 Å². The maximum Gasteiger partial charge on any atom is 0.341 e. The third kappa shape index (κ3) is 2.28. The summed E-state index contributed by atoms with van der Waals surface area (Å²) >= 11 is 0. The van der Waals surface area contributed by atoms with Gasteiger partial charge >= 0.3 is 5.97 Å². The summed E-state index contributed by atoms with van der Waals surface area (Å²) in [6.45, 7) is 5.21. The third-order valence-electron chi connectivity index (χ3n) is 5.36. The molecular formula is C18H20FN3O4. The topological polar surface area (TPSA) is 97.8 Å². The number of aromatic carboxylic acids is 1. The van der Waals surface area contributed by atoms with Crippen molar-refractivity contribution in [2.75, 3.05) is 24.6 Å². The number of anilines is 1. The van der Waals surface area contributed by atoms with Crippen molar-refractivity contribution in [2.45, 2.75) is 25.9 Å². The molecule has 26 heavy (non-hydrogen) atoms. The number of hydrogen-bond acceptors (Lipinski definition) is 5. The highest BCUT2D eigenvalue weighted by Crippen LogP contribution is 2.43. The Morgan fingerprint density at radius 3 is 2.73 bits per heavy atom. The largest absolute Gasteiger partial charge is 0.487 e. The van der Waals surface area contributed by atoms with Crippen molar-refractivity contribution in [3.8, 4) is 5.75 Å². The third-order valence-corrected chi connectivity index (χ3v) is 5.36. The van der Waals surface area contributed by atoms with E-state index in [1.807, 2.05) is 18.7 Å². The number of ether oxygens (including phenoxy) is 1. The molecule has 0 radical (unpaired) electrons. The molecule has 8 heteroatoms. The molecule has 0 amide bonds. The fourth-order valence-electron chi connectivity index (χ4n) is 3.83. The molecule has 4 rings (SSSR count). The Kier molecular flexibility index (Phi) is 3.69. The maximum absolute atomic E-state index is 15.0. The molecule has 0 unspecified atom stereocenters. The Bertz CT molecular complexity index is 977. The van der Waals surface area contributed by atoms with Gasteiger partial charge in [-0.05, 0) is 18.9 Å². The van der Waals surface area contributed by atoms with E-state index in [9.17, 15) is 19.1 Å². The van der Waals surface area contributed by atoms with E-state index in [4.69, 9.17) is 10.5 Å². The van der Waals surface area contributed by atoms with Gasteiger partial charge in [-0.25, -0.2) is 9.18 Å². The molecule has 2 aliphatic rings. The molecule has 1 fully saturated rings. The predicted octanol–water partition coefficient (Wildman–Crippen LogP) is 1.58. The van der Waals surface area contributed by atoms with E-state index in [-0.39, 0.29) is 41.3 Å². The van der Waals surface area contributed by atoms with Crippen molar-refractivity contribution < 1.29 is 19.0 Å². The fourth-order valence-corrected chi connectivity index (χ4v) is 3.83. The normalized spacial score (nSPS) is 24.8. The number of rotatable bonds is 2. The van der Waals surface area contributed by atoms with Crippen LogP contribution in [0.3, 0.4) is 0 Å². The standard InChI is InChI=1S/C18H20FN3O4/c1-8-4-21(6-13(8)20)15-12(19)3-10-14-17(15)26-7-9(2)22(14)5-11(16(10)23)18(24)25/h3,5,8-9,13H,4,6-7,20H2,1-2H3,(H,24,25)/t8-,9+,13+/m1/s1. The van der Waals surface area contributed by atoms with E-state index in [0.717, 1.165) is 6.07 Å². The molecule has 2 aliphatic heterocycles. The van der Waals surface area contributed by atoms with Crippen LogP contribution < -0.4 is 20.8 Å². The van der Waals surface area contributed by atoms with Crippen LogP contribution in [0.25, 0.3) is 10.9 Å². The lowest BCUT2D eigenvalue weighted by Crippen LogP contribution is -2.31. The molecule has 1 aromatic carbocycles. The molecule has 0 spiro atoms. The first-order valence-corrected chi connectivity index (χ1v) is 8.57.